The fraction of sp³-hybridized carbons (Fsp3) is 0.769. The number of rotatable bonds is 8. The number of carbonyl (C=O) groups is 1. The molecule has 0 aliphatic heterocycles. The summed E-state index contributed by atoms with van der Waals surface area (Å²) in [5.74, 6) is 4.19. The lowest BCUT2D eigenvalue weighted by Crippen LogP contribution is -2.47. The molecular formula is C26H40N2O2. The van der Waals surface area contributed by atoms with Crippen molar-refractivity contribution >= 4 is 5.78 Å². The summed E-state index contributed by atoms with van der Waals surface area (Å²) in [4.78, 5) is 12.7. The summed E-state index contributed by atoms with van der Waals surface area (Å²) in [5, 5.41) is 15.0. The van der Waals surface area contributed by atoms with E-state index in [1.165, 1.54) is 38.5 Å². The van der Waals surface area contributed by atoms with Crippen LogP contribution < -0.4 is 0 Å². The first kappa shape index (κ1) is 21.8. The van der Waals surface area contributed by atoms with E-state index in [0.717, 1.165) is 61.7 Å². The van der Waals surface area contributed by atoms with Crippen molar-refractivity contribution in [2.24, 2.45) is 35.5 Å². The number of hydrogen-bond acceptors (Lipinski definition) is 3. The Labute approximate surface area is 182 Å². The smallest absolute Gasteiger partial charge is 0.161 e. The number of aliphatic hydroxyl groups is 1. The molecule has 0 unspecified atom stereocenters. The molecule has 7 atom stereocenters. The van der Waals surface area contributed by atoms with E-state index in [1.54, 1.807) is 10.9 Å². The van der Waals surface area contributed by atoms with Crippen molar-refractivity contribution in [1.82, 2.24) is 9.78 Å². The molecule has 3 aliphatic rings. The average molecular weight is 413 g/mol. The second kappa shape index (κ2) is 9.38. The van der Waals surface area contributed by atoms with Crippen molar-refractivity contribution in [3.63, 3.8) is 0 Å². The Morgan fingerprint density at radius 2 is 2.13 bits per heavy atom. The van der Waals surface area contributed by atoms with Gasteiger partial charge >= 0.3 is 0 Å². The van der Waals surface area contributed by atoms with Gasteiger partial charge in [0.15, 0.2) is 5.78 Å². The molecule has 3 aliphatic carbocycles. The summed E-state index contributed by atoms with van der Waals surface area (Å²) in [5.41, 5.74) is -0.395. The molecule has 1 aromatic heterocycles. The average Bonchev–Trinajstić information content (AvgIpc) is 3.26. The van der Waals surface area contributed by atoms with Crippen LogP contribution in [-0.2, 0) is 11.3 Å². The zero-order valence-corrected chi connectivity index (χ0v) is 18.7. The standard InChI is InChI=1S/C26H40N2O2/c1-3-19(25(29)18-28-16-6-15-27-28)9-10-20-7-5-8-24-22(20)12-11-21-17-26(30,4-2)14-13-23(21)24/h3,6,15-16,19-24,30H,1,4-5,7-14,17-18H2,2H3/t19-,20+,21+,22+,23+,24+,26-/m1/s1. The molecule has 0 saturated heterocycles. The largest absolute Gasteiger partial charge is 0.390 e. The molecule has 4 heteroatoms. The monoisotopic (exact) mass is 412 g/mol. The second-order valence-corrected chi connectivity index (χ2v) is 10.4. The van der Waals surface area contributed by atoms with E-state index in [9.17, 15) is 9.90 Å². The Hall–Kier alpha value is -1.42. The molecule has 0 radical (unpaired) electrons. The van der Waals surface area contributed by atoms with Gasteiger partial charge in [0, 0.05) is 18.3 Å². The van der Waals surface area contributed by atoms with E-state index in [1.807, 2.05) is 18.3 Å². The number of nitrogens with zero attached hydrogens (tertiary/aromatic N) is 2. The van der Waals surface area contributed by atoms with E-state index in [0.29, 0.717) is 6.54 Å². The predicted octanol–water partition coefficient (Wildman–Crippen LogP) is 5.42. The molecule has 30 heavy (non-hydrogen) atoms. The molecule has 166 valence electrons. The summed E-state index contributed by atoms with van der Waals surface area (Å²) in [6.45, 7) is 6.45. The van der Waals surface area contributed by atoms with Crippen molar-refractivity contribution in [2.75, 3.05) is 0 Å². The van der Waals surface area contributed by atoms with Crippen LogP contribution in [0.4, 0.5) is 0 Å². The Bertz CT molecular complexity index is 715. The number of Topliss-reactive ketones (excluding diaryl/α,β-unsaturated/α-hetero) is 1. The molecule has 0 spiro atoms. The first-order chi connectivity index (χ1) is 14.5. The lowest BCUT2D eigenvalue weighted by Gasteiger charge is -2.53. The molecule has 3 saturated carbocycles. The summed E-state index contributed by atoms with van der Waals surface area (Å²) in [6.07, 6.45) is 18.4. The van der Waals surface area contributed by atoms with Gasteiger partial charge in [0.1, 0.15) is 6.54 Å². The minimum absolute atomic E-state index is 0.0554. The predicted molar refractivity (Wildman–Crippen MR) is 120 cm³/mol. The van der Waals surface area contributed by atoms with Gasteiger partial charge in [-0.2, -0.15) is 5.10 Å². The molecule has 1 N–H and O–H groups in total. The first-order valence-electron chi connectivity index (χ1n) is 12.4. The highest BCUT2D eigenvalue weighted by Crippen LogP contribution is 2.55. The maximum absolute atomic E-state index is 12.7. The number of ketones is 1. The zero-order chi connectivity index (χ0) is 21.1. The maximum atomic E-state index is 12.7. The van der Waals surface area contributed by atoms with Gasteiger partial charge in [-0.05, 0) is 93.4 Å². The lowest BCUT2D eigenvalue weighted by atomic mass is 9.53. The summed E-state index contributed by atoms with van der Waals surface area (Å²) < 4.78 is 1.72. The Morgan fingerprint density at radius 1 is 1.27 bits per heavy atom. The van der Waals surface area contributed by atoms with E-state index >= 15 is 0 Å². The van der Waals surface area contributed by atoms with Crippen molar-refractivity contribution < 1.29 is 9.90 Å². The van der Waals surface area contributed by atoms with Crippen LogP contribution in [0.2, 0.25) is 0 Å². The normalized spacial score (nSPS) is 37.1. The first-order valence-corrected chi connectivity index (χ1v) is 12.4. The molecule has 0 amide bonds. The lowest BCUT2D eigenvalue weighted by molar-refractivity contribution is -0.122. The Morgan fingerprint density at radius 3 is 2.87 bits per heavy atom. The molecule has 0 bridgehead atoms. The van der Waals surface area contributed by atoms with Gasteiger partial charge in [0.05, 0.1) is 5.60 Å². The van der Waals surface area contributed by atoms with Gasteiger partial charge in [0.2, 0.25) is 0 Å². The molecule has 0 aromatic carbocycles. The number of allylic oxidation sites excluding steroid dienone is 1. The van der Waals surface area contributed by atoms with Gasteiger partial charge in [-0.3, -0.25) is 9.48 Å². The Balaban J connectivity index is 1.34. The highest BCUT2D eigenvalue weighted by atomic mass is 16.3. The van der Waals surface area contributed by atoms with Crippen LogP contribution in [0.1, 0.15) is 77.6 Å². The molecule has 3 fully saturated rings. The van der Waals surface area contributed by atoms with Crippen LogP contribution in [0.25, 0.3) is 0 Å². The number of hydrogen-bond donors (Lipinski definition) is 1. The molecule has 4 nitrogen and oxygen atoms in total. The zero-order valence-electron chi connectivity index (χ0n) is 18.7. The van der Waals surface area contributed by atoms with Gasteiger partial charge in [0.25, 0.3) is 0 Å². The molecular weight excluding hydrogens is 372 g/mol. The van der Waals surface area contributed by atoms with Crippen LogP contribution in [0.3, 0.4) is 0 Å². The van der Waals surface area contributed by atoms with Crippen molar-refractivity contribution in [1.29, 1.82) is 0 Å². The molecule has 4 rings (SSSR count). The summed E-state index contributed by atoms with van der Waals surface area (Å²) in [7, 11) is 0. The minimum Gasteiger partial charge on any atom is -0.390 e. The van der Waals surface area contributed by atoms with Crippen molar-refractivity contribution in [3.8, 4) is 0 Å². The van der Waals surface area contributed by atoms with Gasteiger partial charge < -0.3 is 5.11 Å². The quantitative estimate of drug-likeness (QED) is 0.580. The highest BCUT2D eigenvalue weighted by Gasteiger charge is 2.48. The highest BCUT2D eigenvalue weighted by molar-refractivity contribution is 5.82. The maximum Gasteiger partial charge on any atom is 0.161 e. The van der Waals surface area contributed by atoms with E-state index in [-0.39, 0.29) is 11.7 Å². The fourth-order valence-electron chi connectivity index (χ4n) is 7.23. The third kappa shape index (κ3) is 4.59. The van der Waals surface area contributed by atoms with Crippen molar-refractivity contribution in [2.45, 2.75) is 89.7 Å². The van der Waals surface area contributed by atoms with Gasteiger partial charge in [-0.1, -0.05) is 25.8 Å². The minimum atomic E-state index is -0.395. The molecule has 1 heterocycles. The van der Waals surface area contributed by atoms with E-state index < -0.39 is 5.60 Å². The van der Waals surface area contributed by atoms with Crippen LogP contribution in [0, 0.1) is 35.5 Å². The van der Waals surface area contributed by atoms with E-state index in [4.69, 9.17) is 0 Å². The van der Waals surface area contributed by atoms with Crippen LogP contribution in [0.5, 0.6) is 0 Å². The van der Waals surface area contributed by atoms with E-state index in [2.05, 4.69) is 18.6 Å². The number of carbonyl (C=O) groups excluding carboxylic acids is 1. The summed E-state index contributed by atoms with van der Waals surface area (Å²) >= 11 is 0. The summed E-state index contributed by atoms with van der Waals surface area (Å²) in [6, 6.07) is 1.86. The second-order valence-electron chi connectivity index (χ2n) is 10.4. The van der Waals surface area contributed by atoms with Crippen LogP contribution in [0.15, 0.2) is 31.1 Å². The SMILES string of the molecule is C=C[C@H](CC[C@@H]1CCC[C@H]2[C@H]1CC[C@H]1C[C@@](O)(CC)CC[C@@H]12)C(=O)Cn1cccn1. The third-order valence-electron chi connectivity index (χ3n) is 8.96. The van der Waals surface area contributed by atoms with Gasteiger partial charge in [-0.25, -0.2) is 0 Å². The third-order valence-corrected chi connectivity index (χ3v) is 8.96. The number of aromatic nitrogens is 2. The Kier molecular flexibility index (Phi) is 6.81. The van der Waals surface area contributed by atoms with Gasteiger partial charge in [-0.15, -0.1) is 6.58 Å². The topological polar surface area (TPSA) is 55.1 Å². The number of fused-ring (bicyclic) bond motifs is 3. The van der Waals surface area contributed by atoms with Crippen LogP contribution >= 0.6 is 0 Å². The van der Waals surface area contributed by atoms with Crippen LogP contribution in [-0.4, -0.2) is 26.3 Å². The van der Waals surface area contributed by atoms with Crippen molar-refractivity contribution in [3.05, 3.63) is 31.1 Å². The fourth-order valence-corrected chi connectivity index (χ4v) is 7.23. The molecule has 1 aromatic rings.